The number of benzene rings is 1. The van der Waals surface area contributed by atoms with Gasteiger partial charge in [0.15, 0.2) is 0 Å². The summed E-state index contributed by atoms with van der Waals surface area (Å²) in [5.74, 6) is 0.152. The van der Waals surface area contributed by atoms with Crippen molar-refractivity contribution >= 4 is 11.6 Å². The van der Waals surface area contributed by atoms with Crippen molar-refractivity contribution < 1.29 is 5.11 Å². The first kappa shape index (κ1) is 9.81. The van der Waals surface area contributed by atoms with Crippen LogP contribution in [0.25, 0.3) is 0 Å². The molecule has 14 heavy (non-hydrogen) atoms. The highest BCUT2D eigenvalue weighted by molar-refractivity contribution is 6.32. The minimum absolute atomic E-state index is 0.152. The van der Waals surface area contributed by atoms with Crippen LogP contribution < -0.4 is 5.73 Å². The van der Waals surface area contributed by atoms with Gasteiger partial charge in [-0.1, -0.05) is 17.7 Å². The average Bonchev–Trinajstić information content (AvgIpc) is 2.91. The molecular formula is C11H14ClNO. The van der Waals surface area contributed by atoms with Gasteiger partial charge in [0.25, 0.3) is 0 Å². The van der Waals surface area contributed by atoms with E-state index in [1.54, 1.807) is 6.07 Å². The number of halogens is 1. The SMILES string of the molecule is NCCC1(c2ccc(O)c(Cl)c2)CC1. The van der Waals surface area contributed by atoms with Crippen LogP contribution in [0.5, 0.6) is 5.75 Å². The summed E-state index contributed by atoms with van der Waals surface area (Å²) in [6.45, 7) is 0.707. The van der Waals surface area contributed by atoms with Crippen LogP contribution >= 0.6 is 11.6 Å². The summed E-state index contributed by atoms with van der Waals surface area (Å²) in [7, 11) is 0. The molecule has 1 aromatic carbocycles. The fourth-order valence-electron chi connectivity index (χ4n) is 1.95. The van der Waals surface area contributed by atoms with Crippen LogP contribution in [0.2, 0.25) is 5.02 Å². The lowest BCUT2D eigenvalue weighted by atomic mass is 9.92. The monoisotopic (exact) mass is 211 g/mol. The number of nitrogens with two attached hydrogens (primary N) is 1. The van der Waals surface area contributed by atoms with Gasteiger partial charge >= 0.3 is 0 Å². The first-order valence-electron chi connectivity index (χ1n) is 4.87. The lowest BCUT2D eigenvalue weighted by Gasteiger charge is -2.14. The molecule has 0 spiro atoms. The van der Waals surface area contributed by atoms with Crippen molar-refractivity contribution in [1.82, 2.24) is 0 Å². The molecule has 1 fully saturated rings. The first-order valence-corrected chi connectivity index (χ1v) is 5.25. The summed E-state index contributed by atoms with van der Waals surface area (Å²) in [5.41, 5.74) is 7.05. The molecule has 0 bridgehead atoms. The van der Waals surface area contributed by atoms with Crippen molar-refractivity contribution in [2.75, 3.05) is 6.54 Å². The second-order valence-corrected chi connectivity index (χ2v) is 4.39. The van der Waals surface area contributed by atoms with Gasteiger partial charge in [-0.3, -0.25) is 0 Å². The van der Waals surface area contributed by atoms with E-state index in [-0.39, 0.29) is 11.2 Å². The molecule has 0 saturated heterocycles. The van der Waals surface area contributed by atoms with E-state index in [4.69, 9.17) is 17.3 Å². The van der Waals surface area contributed by atoms with Gasteiger partial charge in [-0.05, 0) is 48.9 Å². The number of phenolic OH excluding ortho intramolecular Hbond substituents is 1. The van der Waals surface area contributed by atoms with Crippen molar-refractivity contribution in [2.24, 2.45) is 5.73 Å². The zero-order valence-corrected chi connectivity index (χ0v) is 8.72. The van der Waals surface area contributed by atoms with Crippen LogP contribution in [0.15, 0.2) is 18.2 Å². The van der Waals surface area contributed by atoms with E-state index in [0.29, 0.717) is 11.6 Å². The summed E-state index contributed by atoms with van der Waals surface area (Å²) in [4.78, 5) is 0. The maximum atomic E-state index is 9.30. The molecule has 0 unspecified atom stereocenters. The maximum absolute atomic E-state index is 9.30. The molecule has 1 saturated carbocycles. The Bertz CT molecular complexity index is 347. The fraction of sp³-hybridized carbons (Fsp3) is 0.455. The lowest BCUT2D eigenvalue weighted by Crippen LogP contribution is -2.13. The molecule has 2 nitrogen and oxygen atoms in total. The highest BCUT2D eigenvalue weighted by Gasteiger charge is 2.43. The van der Waals surface area contributed by atoms with Gasteiger partial charge in [0.2, 0.25) is 0 Å². The maximum Gasteiger partial charge on any atom is 0.134 e. The summed E-state index contributed by atoms with van der Waals surface area (Å²) < 4.78 is 0. The molecule has 0 radical (unpaired) electrons. The van der Waals surface area contributed by atoms with Crippen LogP contribution in [0.4, 0.5) is 0 Å². The summed E-state index contributed by atoms with van der Waals surface area (Å²) in [6.07, 6.45) is 3.38. The third-order valence-electron chi connectivity index (χ3n) is 3.04. The molecule has 0 amide bonds. The Morgan fingerprint density at radius 3 is 2.64 bits per heavy atom. The molecule has 0 atom stereocenters. The Hall–Kier alpha value is -0.730. The van der Waals surface area contributed by atoms with Crippen LogP contribution in [0.1, 0.15) is 24.8 Å². The Balaban J connectivity index is 2.28. The van der Waals surface area contributed by atoms with Gasteiger partial charge in [0, 0.05) is 0 Å². The van der Waals surface area contributed by atoms with Crippen LogP contribution in [0, 0.1) is 0 Å². The Kier molecular flexibility index (Phi) is 2.41. The largest absolute Gasteiger partial charge is 0.506 e. The minimum Gasteiger partial charge on any atom is -0.506 e. The third-order valence-corrected chi connectivity index (χ3v) is 3.34. The van der Waals surface area contributed by atoms with E-state index < -0.39 is 0 Å². The minimum atomic E-state index is 0.152. The lowest BCUT2D eigenvalue weighted by molar-refractivity contribution is 0.475. The van der Waals surface area contributed by atoms with E-state index in [1.807, 2.05) is 12.1 Å². The molecule has 1 aliphatic carbocycles. The van der Waals surface area contributed by atoms with Gasteiger partial charge in [-0.2, -0.15) is 0 Å². The second kappa shape index (κ2) is 3.44. The molecule has 0 aliphatic heterocycles. The normalized spacial score (nSPS) is 18.1. The second-order valence-electron chi connectivity index (χ2n) is 3.99. The van der Waals surface area contributed by atoms with Crippen molar-refractivity contribution in [1.29, 1.82) is 0 Å². The molecular weight excluding hydrogens is 198 g/mol. The zero-order chi connectivity index (χ0) is 10.2. The predicted octanol–water partition coefficient (Wildman–Crippen LogP) is 2.43. The van der Waals surface area contributed by atoms with Crippen LogP contribution in [0.3, 0.4) is 0 Å². The molecule has 3 heteroatoms. The van der Waals surface area contributed by atoms with Gasteiger partial charge in [-0.15, -0.1) is 0 Å². The third kappa shape index (κ3) is 1.60. The van der Waals surface area contributed by atoms with Gasteiger partial charge in [0.05, 0.1) is 5.02 Å². The molecule has 2 rings (SSSR count). The highest BCUT2D eigenvalue weighted by Crippen LogP contribution is 2.51. The number of aromatic hydroxyl groups is 1. The molecule has 1 aliphatic rings. The van der Waals surface area contributed by atoms with Crippen molar-refractivity contribution in [3.05, 3.63) is 28.8 Å². The van der Waals surface area contributed by atoms with E-state index in [9.17, 15) is 5.11 Å². The van der Waals surface area contributed by atoms with Gasteiger partial charge in [0.1, 0.15) is 5.75 Å². The number of phenols is 1. The first-order chi connectivity index (χ1) is 6.68. The quantitative estimate of drug-likeness (QED) is 0.807. The number of hydrogen-bond donors (Lipinski definition) is 2. The smallest absolute Gasteiger partial charge is 0.134 e. The molecule has 76 valence electrons. The topological polar surface area (TPSA) is 46.2 Å². The molecule has 0 heterocycles. The van der Waals surface area contributed by atoms with E-state index in [0.717, 1.165) is 6.42 Å². The van der Waals surface area contributed by atoms with E-state index in [1.165, 1.54) is 18.4 Å². The van der Waals surface area contributed by atoms with E-state index >= 15 is 0 Å². The molecule has 3 N–H and O–H groups in total. The summed E-state index contributed by atoms with van der Waals surface area (Å²) in [5, 5.41) is 9.74. The Morgan fingerprint density at radius 2 is 2.14 bits per heavy atom. The number of hydrogen-bond acceptors (Lipinski definition) is 2. The zero-order valence-electron chi connectivity index (χ0n) is 7.96. The fourth-order valence-corrected chi connectivity index (χ4v) is 2.13. The summed E-state index contributed by atoms with van der Waals surface area (Å²) >= 11 is 5.87. The Morgan fingerprint density at radius 1 is 1.43 bits per heavy atom. The van der Waals surface area contributed by atoms with Gasteiger partial charge in [-0.25, -0.2) is 0 Å². The van der Waals surface area contributed by atoms with E-state index in [2.05, 4.69) is 0 Å². The molecule has 1 aromatic rings. The van der Waals surface area contributed by atoms with Crippen molar-refractivity contribution in [2.45, 2.75) is 24.7 Å². The standard InChI is InChI=1S/C11H14ClNO/c12-9-7-8(1-2-10(9)14)11(3-4-11)5-6-13/h1-2,7,14H,3-6,13H2. The van der Waals surface area contributed by atoms with Crippen LogP contribution in [-0.2, 0) is 5.41 Å². The summed E-state index contributed by atoms with van der Waals surface area (Å²) in [6, 6.07) is 5.47. The van der Waals surface area contributed by atoms with Crippen LogP contribution in [-0.4, -0.2) is 11.7 Å². The Labute approximate surface area is 88.7 Å². The molecule has 0 aromatic heterocycles. The van der Waals surface area contributed by atoms with Crippen molar-refractivity contribution in [3.8, 4) is 5.75 Å². The average molecular weight is 212 g/mol. The number of rotatable bonds is 3. The van der Waals surface area contributed by atoms with Gasteiger partial charge < -0.3 is 10.8 Å². The highest BCUT2D eigenvalue weighted by atomic mass is 35.5. The predicted molar refractivity (Wildman–Crippen MR) is 57.7 cm³/mol. The van der Waals surface area contributed by atoms with Crippen molar-refractivity contribution in [3.63, 3.8) is 0 Å².